The maximum atomic E-state index is 11.8. The number of aromatic hydroxyl groups is 1. The molecule has 0 aliphatic rings. The molecule has 0 bridgehead atoms. The monoisotopic (exact) mass is 320 g/mol. The van der Waals surface area contributed by atoms with Crippen LogP contribution in [0.2, 0.25) is 0 Å². The first-order chi connectivity index (χ1) is 10.3. The van der Waals surface area contributed by atoms with Crippen LogP contribution < -0.4 is 0 Å². The number of nitrogens with zero attached hydrogens (tertiary/aromatic N) is 4. The van der Waals surface area contributed by atoms with Crippen LogP contribution in [0.15, 0.2) is 45.3 Å². The van der Waals surface area contributed by atoms with Gasteiger partial charge in [-0.1, -0.05) is 6.58 Å². The number of rotatable bonds is 4. The molecule has 0 aliphatic heterocycles. The number of phenolic OH excluding ortho intramolecular Hbond substituents is 1. The summed E-state index contributed by atoms with van der Waals surface area (Å²) < 4.78 is 25.2. The highest BCUT2D eigenvalue weighted by Crippen LogP contribution is 2.32. The van der Waals surface area contributed by atoms with Gasteiger partial charge in [0, 0.05) is 12.5 Å². The molecule has 0 unspecified atom stereocenters. The second-order valence-electron chi connectivity index (χ2n) is 4.71. The topological polar surface area (TPSA) is 96.9 Å². The van der Waals surface area contributed by atoms with Crippen molar-refractivity contribution >= 4 is 21.2 Å². The molecular formula is C14H16N4O3S. The van der Waals surface area contributed by atoms with E-state index in [4.69, 9.17) is 0 Å². The minimum absolute atomic E-state index is 0.00567. The lowest BCUT2D eigenvalue weighted by atomic mass is 10.3. The molecule has 1 aromatic heterocycles. The van der Waals surface area contributed by atoms with E-state index in [-0.39, 0.29) is 16.3 Å². The molecule has 2 rings (SSSR count). The van der Waals surface area contributed by atoms with Crippen molar-refractivity contribution in [2.45, 2.75) is 18.7 Å². The van der Waals surface area contributed by atoms with Crippen LogP contribution in [0.25, 0.3) is 0 Å². The van der Waals surface area contributed by atoms with E-state index in [0.29, 0.717) is 11.4 Å². The summed E-state index contributed by atoms with van der Waals surface area (Å²) in [7, 11) is -1.81. The molecule has 0 radical (unpaired) electrons. The van der Waals surface area contributed by atoms with E-state index in [1.165, 1.54) is 18.2 Å². The number of hydrogen-bond acceptors (Lipinski definition) is 6. The van der Waals surface area contributed by atoms with Crippen LogP contribution >= 0.6 is 0 Å². The summed E-state index contributed by atoms with van der Waals surface area (Å²) >= 11 is 0. The van der Waals surface area contributed by atoms with Gasteiger partial charge in [0.2, 0.25) is 0 Å². The largest absolute Gasteiger partial charge is 0.506 e. The lowest BCUT2D eigenvalue weighted by Gasteiger charge is -2.02. The fourth-order valence-electron chi connectivity index (χ4n) is 1.87. The van der Waals surface area contributed by atoms with Crippen molar-refractivity contribution in [3.63, 3.8) is 0 Å². The highest BCUT2D eigenvalue weighted by Gasteiger charge is 2.13. The summed E-state index contributed by atoms with van der Waals surface area (Å²) in [5.41, 5.74) is 2.15. The number of phenols is 1. The van der Waals surface area contributed by atoms with Gasteiger partial charge in [0.1, 0.15) is 17.1 Å². The lowest BCUT2D eigenvalue weighted by Crippen LogP contribution is -1.94. The molecule has 0 saturated heterocycles. The number of azo groups is 1. The predicted octanol–water partition coefficient (Wildman–Crippen LogP) is 3.08. The van der Waals surface area contributed by atoms with Gasteiger partial charge in [-0.2, -0.15) is 5.10 Å². The Hall–Kier alpha value is -2.48. The third-order valence-electron chi connectivity index (χ3n) is 3.22. The van der Waals surface area contributed by atoms with E-state index < -0.39 is 9.84 Å². The molecule has 116 valence electrons. The fraction of sp³-hybridized carbons (Fsp3) is 0.214. The summed E-state index contributed by atoms with van der Waals surface area (Å²) in [5.74, 6) is -0.161. The van der Waals surface area contributed by atoms with Gasteiger partial charge in [-0.3, -0.25) is 4.68 Å². The fourth-order valence-corrected chi connectivity index (χ4v) is 2.59. The number of sulfone groups is 1. The maximum Gasteiger partial charge on any atom is 0.199 e. The van der Waals surface area contributed by atoms with Crippen molar-refractivity contribution in [2.75, 3.05) is 0 Å². The summed E-state index contributed by atoms with van der Waals surface area (Å²) in [6, 6.07) is 3.79. The Bertz CT molecular complexity index is 866. The van der Waals surface area contributed by atoms with E-state index >= 15 is 0 Å². The van der Waals surface area contributed by atoms with Crippen molar-refractivity contribution in [1.29, 1.82) is 0 Å². The molecule has 22 heavy (non-hydrogen) atoms. The molecule has 0 atom stereocenters. The molecule has 2 aromatic rings. The standard InChI is InChI=1S/C14H16N4O3S/c1-5-22(20,21)11-6-7-13(19)12(8-11)15-16-14-9(2)17-18(4)10(14)3/h5-8,19H,1H2,2-4H3. The Morgan fingerprint density at radius 1 is 1.32 bits per heavy atom. The van der Waals surface area contributed by atoms with E-state index in [1.54, 1.807) is 18.7 Å². The zero-order chi connectivity index (χ0) is 16.5. The molecule has 0 aliphatic carbocycles. The minimum Gasteiger partial charge on any atom is -0.506 e. The van der Waals surface area contributed by atoms with Crippen LogP contribution in [-0.4, -0.2) is 23.3 Å². The zero-order valence-corrected chi connectivity index (χ0v) is 13.3. The van der Waals surface area contributed by atoms with Gasteiger partial charge in [-0.15, -0.1) is 10.2 Å². The van der Waals surface area contributed by atoms with Gasteiger partial charge < -0.3 is 5.11 Å². The van der Waals surface area contributed by atoms with E-state index in [2.05, 4.69) is 21.9 Å². The average molecular weight is 320 g/mol. The molecule has 0 saturated carbocycles. The smallest absolute Gasteiger partial charge is 0.199 e. The second-order valence-corrected chi connectivity index (χ2v) is 6.60. The van der Waals surface area contributed by atoms with Crippen LogP contribution in [0.4, 0.5) is 11.4 Å². The molecule has 8 heteroatoms. The van der Waals surface area contributed by atoms with E-state index in [0.717, 1.165) is 11.1 Å². The minimum atomic E-state index is -3.60. The predicted molar refractivity (Wildman–Crippen MR) is 82.3 cm³/mol. The Kier molecular flexibility index (Phi) is 4.14. The van der Waals surface area contributed by atoms with Crippen LogP contribution in [0.1, 0.15) is 11.4 Å². The zero-order valence-electron chi connectivity index (χ0n) is 12.5. The van der Waals surface area contributed by atoms with Crippen LogP contribution in [0.3, 0.4) is 0 Å². The first-order valence-corrected chi connectivity index (χ1v) is 7.93. The molecule has 0 amide bonds. The Labute approximate surface area is 128 Å². The van der Waals surface area contributed by atoms with Gasteiger partial charge in [0.05, 0.1) is 16.3 Å². The molecule has 0 fully saturated rings. The van der Waals surface area contributed by atoms with Gasteiger partial charge in [-0.05, 0) is 32.0 Å². The van der Waals surface area contributed by atoms with Crippen molar-refractivity contribution in [3.8, 4) is 5.75 Å². The highest BCUT2D eigenvalue weighted by molar-refractivity contribution is 7.94. The van der Waals surface area contributed by atoms with E-state index in [1.807, 2.05) is 6.92 Å². The van der Waals surface area contributed by atoms with Gasteiger partial charge in [-0.25, -0.2) is 8.42 Å². The normalized spacial score (nSPS) is 12.0. The molecule has 7 nitrogen and oxygen atoms in total. The summed E-state index contributed by atoms with van der Waals surface area (Å²) in [6.45, 7) is 6.90. The Morgan fingerprint density at radius 3 is 2.55 bits per heavy atom. The SMILES string of the molecule is C=CS(=O)(=O)c1ccc(O)c(N=Nc2c(C)nn(C)c2C)c1. The highest BCUT2D eigenvalue weighted by atomic mass is 32.2. The first kappa shape index (κ1) is 15.9. The Balaban J connectivity index is 2.47. The van der Waals surface area contributed by atoms with Crippen molar-refractivity contribution in [3.05, 3.63) is 41.6 Å². The van der Waals surface area contributed by atoms with Crippen LogP contribution in [0.5, 0.6) is 5.75 Å². The number of aromatic nitrogens is 2. The summed E-state index contributed by atoms with van der Waals surface area (Å²) in [4.78, 5) is -0.00567. The maximum absolute atomic E-state index is 11.8. The van der Waals surface area contributed by atoms with Crippen molar-refractivity contribution in [2.24, 2.45) is 17.3 Å². The van der Waals surface area contributed by atoms with Crippen molar-refractivity contribution < 1.29 is 13.5 Å². The molecule has 1 N–H and O–H groups in total. The van der Waals surface area contributed by atoms with E-state index in [9.17, 15) is 13.5 Å². The Morgan fingerprint density at radius 2 is 2.00 bits per heavy atom. The van der Waals surface area contributed by atoms with Gasteiger partial charge in [0.25, 0.3) is 0 Å². The summed E-state index contributed by atoms with van der Waals surface area (Å²) in [5, 5.41) is 22.9. The van der Waals surface area contributed by atoms with Crippen LogP contribution in [-0.2, 0) is 16.9 Å². The van der Waals surface area contributed by atoms with Gasteiger partial charge >= 0.3 is 0 Å². The third-order valence-corrected chi connectivity index (χ3v) is 4.57. The molecular weight excluding hydrogens is 304 g/mol. The van der Waals surface area contributed by atoms with Crippen LogP contribution in [0, 0.1) is 13.8 Å². The van der Waals surface area contributed by atoms with Crippen molar-refractivity contribution in [1.82, 2.24) is 9.78 Å². The third kappa shape index (κ3) is 2.91. The summed E-state index contributed by atoms with van der Waals surface area (Å²) in [6.07, 6.45) is 0. The van der Waals surface area contributed by atoms with Gasteiger partial charge in [0.15, 0.2) is 9.84 Å². The average Bonchev–Trinajstić information content (AvgIpc) is 2.71. The quantitative estimate of drug-likeness (QED) is 0.875. The second kappa shape index (κ2) is 5.72. The number of benzene rings is 1. The molecule has 0 spiro atoms. The number of aryl methyl sites for hydroxylation is 2. The first-order valence-electron chi connectivity index (χ1n) is 6.38. The molecule has 1 heterocycles. The number of hydrogen-bond donors (Lipinski definition) is 1. The molecule has 1 aromatic carbocycles. The lowest BCUT2D eigenvalue weighted by molar-refractivity contribution is 0.476.